The summed E-state index contributed by atoms with van der Waals surface area (Å²) < 4.78 is 24.2. The lowest BCUT2D eigenvalue weighted by molar-refractivity contribution is 0.170. The molecular weight excluding hydrogens is 296 g/mol. The average molecular weight is 318 g/mol. The standard InChI is InChI=1S/C14H22O4S2/c1-11-6-8-12(9-7-11)20(17,18)14(19-2)13(16)5-3-4-10-15/h6-9,13-16H,3-5,10H2,1-2H3. The molecule has 0 amide bonds. The lowest BCUT2D eigenvalue weighted by Crippen LogP contribution is -2.31. The van der Waals surface area contributed by atoms with Gasteiger partial charge in [-0.3, -0.25) is 0 Å². The highest BCUT2D eigenvalue weighted by atomic mass is 32.3. The van der Waals surface area contributed by atoms with E-state index in [4.69, 9.17) is 5.11 Å². The van der Waals surface area contributed by atoms with Crippen LogP contribution in [0.5, 0.6) is 0 Å². The van der Waals surface area contributed by atoms with E-state index in [1.54, 1.807) is 30.5 Å². The molecule has 20 heavy (non-hydrogen) atoms. The number of rotatable bonds is 8. The molecule has 4 nitrogen and oxygen atoms in total. The Balaban J connectivity index is 2.89. The minimum Gasteiger partial charge on any atom is -0.396 e. The third kappa shape index (κ3) is 4.48. The summed E-state index contributed by atoms with van der Waals surface area (Å²) >= 11 is 1.14. The van der Waals surface area contributed by atoms with Crippen LogP contribution in [0.25, 0.3) is 0 Å². The third-order valence-corrected chi connectivity index (χ3v) is 7.08. The number of hydrogen-bond acceptors (Lipinski definition) is 5. The number of sulfone groups is 1. The topological polar surface area (TPSA) is 74.6 Å². The molecule has 0 aliphatic heterocycles. The van der Waals surface area contributed by atoms with Gasteiger partial charge in [0.25, 0.3) is 0 Å². The molecule has 6 heteroatoms. The summed E-state index contributed by atoms with van der Waals surface area (Å²) in [6.45, 7) is 1.95. The maximum atomic E-state index is 12.5. The minimum atomic E-state index is -3.55. The Morgan fingerprint density at radius 3 is 2.30 bits per heavy atom. The second-order valence-corrected chi connectivity index (χ2v) is 8.10. The van der Waals surface area contributed by atoms with Gasteiger partial charge >= 0.3 is 0 Å². The molecule has 0 aliphatic rings. The number of unbranched alkanes of at least 4 members (excludes halogenated alkanes) is 1. The van der Waals surface area contributed by atoms with Gasteiger partial charge in [-0.05, 0) is 44.6 Å². The molecule has 0 fully saturated rings. The second kappa shape index (κ2) is 8.02. The van der Waals surface area contributed by atoms with Crippen molar-refractivity contribution in [3.8, 4) is 0 Å². The maximum absolute atomic E-state index is 12.5. The van der Waals surface area contributed by atoms with Crippen molar-refractivity contribution >= 4 is 21.6 Å². The van der Waals surface area contributed by atoms with Crippen LogP contribution >= 0.6 is 11.8 Å². The predicted molar refractivity (Wildman–Crippen MR) is 82.6 cm³/mol. The Hall–Kier alpha value is -0.560. The molecule has 0 heterocycles. The van der Waals surface area contributed by atoms with Crippen LogP contribution < -0.4 is 0 Å². The van der Waals surface area contributed by atoms with E-state index in [1.165, 1.54) is 0 Å². The van der Waals surface area contributed by atoms with E-state index in [-0.39, 0.29) is 11.5 Å². The van der Waals surface area contributed by atoms with Gasteiger partial charge in [-0.2, -0.15) is 0 Å². The SMILES string of the molecule is CSC(C(O)CCCCO)S(=O)(=O)c1ccc(C)cc1. The van der Waals surface area contributed by atoms with E-state index in [2.05, 4.69) is 0 Å². The molecule has 2 N–H and O–H groups in total. The van der Waals surface area contributed by atoms with Crippen LogP contribution in [0.1, 0.15) is 24.8 Å². The quantitative estimate of drug-likeness (QED) is 0.717. The zero-order valence-electron chi connectivity index (χ0n) is 11.8. The van der Waals surface area contributed by atoms with Gasteiger partial charge in [0, 0.05) is 6.61 Å². The molecule has 0 spiro atoms. The second-order valence-electron chi connectivity index (χ2n) is 4.75. The molecule has 0 saturated heterocycles. The smallest absolute Gasteiger partial charge is 0.193 e. The van der Waals surface area contributed by atoms with Gasteiger partial charge < -0.3 is 10.2 Å². The largest absolute Gasteiger partial charge is 0.396 e. The summed E-state index contributed by atoms with van der Waals surface area (Å²) in [5, 5.41) is 18.8. The van der Waals surface area contributed by atoms with Crippen LogP contribution in [0, 0.1) is 6.92 Å². The Morgan fingerprint density at radius 2 is 1.80 bits per heavy atom. The maximum Gasteiger partial charge on any atom is 0.193 e. The summed E-state index contributed by atoms with van der Waals surface area (Å²) in [5.41, 5.74) is 0.994. The number of thioether (sulfide) groups is 1. The minimum absolute atomic E-state index is 0.0569. The van der Waals surface area contributed by atoms with Gasteiger partial charge in [0.2, 0.25) is 0 Å². The van der Waals surface area contributed by atoms with Crippen molar-refractivity contribution in [3.63, 3.8) is 0 Å². The van der Waals surface area contributed by atoms with E-state index in [0.29, 0.717) is 19.3 Å². The summed E-state index contributed by atoms with van der Waals surface area (Å²) in [6, 6.07) is 6.66. The zero-order chi connectivity index (χ0) is 15.2. The highest BCUT2D eigenvalue weighted by Crippen LogP contribution is 2.28. The van der Waals surface area contributed by atoms with Crippen LogP contribution in [0.3, 0.4) is 0 Å². The first-order chi connectivity index (χ1) is 9.43. The number of benzene rings is 1. The van der Waals surface area contributed by atoms with Crippen molar-refractivity contribution < 1.29 is 18.6 Å². The lowest BCUT2D eigenvalue weighted by atomic mass is 10.2. The van der Waals surface area contributed by atoms with Crippen LogP contribution in [0.2, 0.25) is 0 Å². The molecule has 1 aromatic carbocycles. The highest BCUT2D eigenvalue weighted by Gasteiger charge is 2.32. The van der Waals surface area contributed by atoms with E-state index in [0.717, 1.165) is 17.3 Å². The first kappa shape index (κ1) is 17.5. The number of hydrogen-bond donors (Lipinski definition) is 2. The fourth-order valence-corrected chi connectivity index (χ4v) is 5.08. The fourth-order valence-electron chi connectivity index (χ4n) is 1.95. The summed E-state index contributed by atoms with van der Waals surface area (Å²) in [6.07, 6.45) is 2.31. The van der Waals surface area contributed by atoms with Gasteiger partial charge in [-0.1, -0.05) is 17.7 Å². The normalized spacial score (nSPS) is 15.0. The summed E-state index contributed by atoms with van der Waals surface area (Å²) in [7, 11) is -3.55. The molecule has 0 aliphatic carbocycles. The van der Waals surface area contributed by atoms with Crippen LogP contribution in [0.4, 0.5) is 0 Å². The molecule has 0 bridgehead atoms. The van der Waals surface area contributed by atoms with Crippen molar-refractivity contribution in [2.45, 2.75) is 41.8 Å². The monoisotopic (exact) mass is 318 g/mol. The van der Waals surface area contributed by atoms with Gasteiger partial charge in [0.05, 0.1) is 11.0 Å². The van der Waals surface area contributed by atoms with Crippen molar-refractivity contribution in [3.05, 3.63) is 29.8 Å². The Kier molecular flexibility index (Phi) is 7.02. The number of aliphatic hydroxyl groups is 2. The molecule has 1 aromatic rings. The average Bonchev–Trinajstić information content (AvgIpc) is 2.40. The van der Waals surface area contributed by atoms with E-state index < -0.39 is 20.5 Å². The molecule has 0 saturated carbocycles. The number of aryl methyl sites for hydroxylation is 1. The van der Waals surface area contributed by atoms with E-state index in [1.807, 2.05) is 6.92 Å². The lowest BCUT2D eigenvalue weighted by Gasteiger charge is -2.21. The molecule has 0 aromatic heterocycles. The van der Waals surface area contributed by atoms with Gasteiger partial charge in [-0.15, -0.1) is 11.8 Å². The van der Waals surface area contributed by atoms with Gasteiger partial charge in [0.1, 0.15) is 4.58 Å². The van der Waals surface area contributed by atoms with Gasteiger partial charge in [-0.25, -0.2) is 8.42 Å². The van der Waals surface area contributed by atoms with Crippen molar-refractivity contribution in [1.82, 2.24) is 0 Å². The van der Waals surface area contributed by atoms with E-state index >= 15 is 0 Å². The molecule has 1 rings (SSSR count). The van der Waals surface area contributed by atoms with Crippen LogP contribution in [-0.2, 0) is 9.84 Å². The molecule has 2 unspecified atom stereocenters. The first-order valence-electron chi connectivity index (χ1n) is 6.55. The molecule has 0 radical (unpaired) electrons. The molecular formula is C14H22O4S2. The van der Waals surface area contributed by atoms with Crippen molar-refractivity contribution in [2.75, 3.05) is 12.9 Å². The van der Waals surface area contributed by atoms with Gasteiger partial charge in [0.15, 0.2) is 9.84 Å². The van der Waals surface area contributed by atoms with Crippen LogP contribution in [0.15, 0.2) is 29.2 Å². The Labute approximate surface area is 125 Å². The highest BCUT2D eigenvalue weighted by molar-refractivity contribution is 8.13. The zero-order valence-corrected chi connectivity index (χ0v) is 13.5. The Morgan fingerprint density at radius 1 is 1.20 bits per heavy atom. The Bertz CT molecular complexity index is 496. The summed E-state index contributed by atoms with van der Waals surface area (Å²) in [5.74, 6) is 0. The van der Waals surface area contributed by atoms with E-state index in [9.17, 15) is 13.5 Å². The first-order valence-corrected chi connectivity index (χ1v) is 9.39. The third-order valence-electron chi connectivity index (χ3n) is 3.11. The molecule has 114 valence electrons. The van der Waals surface area contributed by atoms with Crippen molar-refractivity contribution in [2.24, 2.45) is 0 Å². The van der Waals surface area contributed by atoms with Crippen LogP contribution in [-0.4, -0.2) is 42.2 Å². The fraction of sp³-hybridized carbons (Fsp3) is 0.571. The predicted octanol–water partition coefficient (Wildman–Crippen LogP) is 1.98. The molecule has 2 atom stereocenters. The number of aliphatic hydroxyl groups excluding tert-OH is 2. The van der Waals surface area contributed by atoms with Crippen molar-refractivity contribution in [1.29, 1.82) is 0 Å². The summed E-state index contributed by atoms with van der Waals surface area (Å²) in [4.78, 5) is 0.239.